The van der Waals surface area contributed by atoms with E-state index in [1.807, 2.05) is 47.0 Å². The van der Waals surface area contributed by atoms with Crippen LogP contribution in [0.3, 0.4) is 0 Å². The SMILES string of the molecule is O=C(c1cccc(-c2ccncc2)n1)N(CC1CCCO1)C1CCSC1. The van der Waals surface area contributed by atoms with E-state index in [9.17, 15) is 4.79 Å². The molecule has 0 N–H and O–H groups in total. The Morgan fingerprint density at radius 1 is 1.23 bits per heavy atom. The molecule has 1 amide bonds. The van der Waals surface area contributed by atoms with Crippen molar-refractivity contribution in [2.45, 2.75) is 31.4 Å². The molecule has 2 unspecified atom stereocenters. The molecule has 0 aliphatic carbocycles. The lowest BCUT2D eigenvalue weighted by Crippen LogP contribution is -2.45. The van der Waals surface area contributed by atoms with E-state index >= 15 is 0 Å². The molecule has 2 aliphatic heterocycles. The molecule has 2 saturated heterocycles. The number of carbonyl (C=O) groups excluding carboxylic acids is 1. The average molecular weight is 369 g/mol. The minimum Gasteiger partial charge on any atom is -0.376 e. The Bertz CT molecular complexity index is 744. The first-order valence-corrected chi connectivity index (χ1v) is 10.3. The summed E-state index contributed by atoms with van der Waals surface area (Å²) in [7, 11) is 0. The summed E-state index contributed by atoms with van der Waals surface area (Å²) in [4.78, 5) is 24.0. The van der Waals surface area contributed by atoms with Crippen molar-refractivity contribution in [1.82, 2.24) is 14.9 Å². The first-order valence-electron chi connectivity index (χ1n) is 9.19. The zero-order chi connectivity index (χ0) is 17.8. The number of aromatic nitrogens is 2. The number of hydrogen-bond donors (Lipinski definition) is 0. The molecule has 0 aromatic carbocycles. The van der Waals surface area contributed by atoms with E-state index in [-0.39, 0.29) is 18.1 Å². The van der Waals surface area contributed by atoms with Gasteiger partial charge in [0, 0.05) is 42.9 Å². The Morgan fingerprint density at radius 3 is 2.85 bits per heavy atom. The van der Waals surface area contributed by atoms with Crippen LogP contribution in [-0.2, 0) is 4.74 Å². The van der Waals surface area contributed by atoms with Crippen LogP contribution < -0.4 is 0 Å². The van der Waals surface area contributed by atoms with Crippen molar-refractivity contribution in [2.75, 3.05) is 24.7 Å². The molecule has 2 atom stereocenters. The maximum Gasteiger partial charge on any atom is 0.272 e. The zero-order valence-corrected chi connectivity index (χ0v) is 15.5. The summed E-state index contributed by atoms with van der Waals surface area (Å²) in [6, 6.07) is 9.76. The number of ether oxygens (including phenoxy) is 1. The van der Waals surface area contributed by atoms with Gasteiger partial charge in [0.1, 0.15) is 5.69 Å². The standard InChI is InChI=1S/C20H23N3O2S/c24-20(19-5-1-4-18(22-19)15-6-9-21-10-7-15)23(16-8-12-26-14-16)13-17-3-2-11-25-17/h1,4-7,9-10,16-17H,2-3,8,11-14H2. The Hall–Kier alpha value is -1.92. The number of amides is 1. The van der Waals surface area contributed by atoms with Crippen LogP contribution in [-0.4, -0.2) is 57.6 Å². The summed E-state index contributed by atoms with van der Waals surface area (Å²) in [5, 5.41) is 0. The summed E-state index contributed by atoms with van der Waals surface area (Å²) in [5.41, 5.74) is 2.28. The van der Waals surface area contributed by atoms with Crippen LogP contribution in [0.25, 0.3) is 11.3 Å². The third-order valence-corrected chi connectivity index (χ3v) is 6.12. The second-order valence-electron chi connectivity index (χ2n) is 6.75. The first-order chi connectivity index (χ1) is 12.8. The molecule has 2 aromatic rings. The third-order valence-electron chi connectivity index (χ3n) is 4.98. The Balaban J connectivity index is 1.58. The van der Waals surface area contributed by atoms with Crippen molar-refractivity contribution in [1.29, 1.82) is 0 Å². The molecule has 6 heteroatoms. The molecule has 4 rings (SSSR count). The normalized spacial score (nSPS) is 22.5. The lowest BCUT2D eigenvalue weighted by atomic mass is 10.1. The summed E-state index contributed by atoms with van der Waals surface area (Å²) < 4.78 is 5.79. The predicted molar refractivity (Wildman–Crippen MR) is 103 cm³/mol. The van der Waals surface area contributed by atoms with Crippen molar-refractivity contribution in [3.8, 4) is 11.3 Å². The molecule has 2 fully saturated rings. The van der Waals surface area contributed by atoms with Gasteiger partial charge in [0.15, 0.2) is 0 Å². The van der Waals surface area contributed by atoms with Gasteiger partial charge in [-0.3, -0.25) is 9.78 Å². The summed E-state index contributed by atoms with van der Waals surface area (Å²) >= 11 is 1.92. The molecule has 0 radical (unpaired) electrons. The second-order valence-corrected chi connectivity index (χ2v) is 7.90. The van der Waals surface area contributed by atoms with Crippen LogP contribution in [0.5, 0.6) is 0 Å². The van der Waals surface area contributed by atoms with Crippen LogP contribution >= 0.6 is 11.8 Å². The first kappa shape index (κ1) is 17.5. The molecule has 26 heavy (non-hydrogen) atoms. The number of carbonyl (C=O) groups is 1. The smallest absolute Gasteiger partial charge is 0.272 e. The fourth-order valence-corrected chi connectivity index (χ4v) is 4.78. The number of pyridine rings is 2. The summed E-state index contributed by atoms with van der Waals surface area (Å²) in [5.74, 6) is 2.14. The van der Waals surface area contributed by atoms with E-state index in [1.165, 1.54) is 0 Å². The van der Waals surface area contributed by atoms with Crippen LogP contribution in [0.15, 0.2) is 42.7 Å². The zero-order valence-electron chi connectivity index (χ0n) is 14.7. The molecule has 136 valence electrons. The fourth-order valence-electron chi connectivity index (χ4n) is 3.56. The molecule has 0 spiro atoms. The average Bonchev–Trinajstić information content (AvgIpc) is 3.40. The summed E-state index contributed by atoms with van der Waals surface area (Å²) in [6.07, 6.45) is 6.81. The van der Waals surface area contributed by atoms with E-state index in [0.29, 0.717) is 12.2 Å². The predicted octanol–water partition coefficient (Wildman–Crippen LogP) is 3.27. The van der Waals surface area contributed by atoms with Gasteiger partial charge in [-0.1, -0.05) is 6.07 Å². The molecular formula is C20H23N3O2S. The van der Waals surface area contributed by atoms with E-state index < -0.39 is 0 Å². The van der Waals surface area contributed by atoms with Gasteiger partial charge in [-0.25, -0.2) is 4.98 Å². The van der Waals surface area contributed by atoms with Gasteiger partial charge >= 0.3 is 0 Å². The largest absolute Gasteiger partial charge is 0.376 e. The minimum atomic E-state index is 0.0175. The fraction of sp³-hybridized carbons (Fsp3) is 0.450. The number of nitrogens with zero attached hydrogens (tertiary/aromatic N) is 3. The van der Waals surface area contributed by atoms with Crippen molar-refractivity contribution < 1.29 is 9.53 Å². The number of thioether (sulfide) groups is 1. The van der Waals surface area contributed by atoms with Gasteiger partial charge < -0.3 is 9.64 Å². The van der Waals surface area contributed by atoms with Crippen molar-refractivity contribution in [3.63, 3.8) is 0 Å². The van der Waals surface area contributed by atoms with Crippen molar-refractivity contribution in [2.24, 2.45) is 0 Å². The van der Waals surface area contributed by atoms with E-state index in [0.717, 1.165) is 48.6 Å². The molecular weight excluding hydrogens is 346 g/mol. The molecule has 0 bridgehead atoms. The maximum absolute atomic E-state index is 13.3. The van der Waals surface area contributed by atoms with Gasteiger partial charge in [0.2, 0.25) is 0 Å². The maximum atomic E-state index is 13.3. The van der Waals surface area contributed by atoms with Crippen LogP contribution in [0, 0.1) is 0 Å². The highest BCUT2D eigenvalue weighted by atomic mass is 32.2. The Morgan fingerprint density at radius 2 is 2.12 bits per heavy atom. The molecule has 2 aliphatic rings. The molecule has 2 aromatic heterocycles. The third kappa shape index (κ3) is 3.91. The van der Waals surface area contributed by atoms with Crippen LogP contribution in [0.1, 0.15) is 29.8 Å². The van der Waals surface area contributed by atoms with E-state index in [2.05, 4.69) is 9.97 Å². The van der Waals surface area contributed by atoms with Gasteiger partial charge in [-0.2, -0.15) is 11.8 Å². The summed E-state index contributed by atoms with van der Waals surface area (Å²) in [6.45, 7) is 1.48. The number of hydrogen-bond acceptors (Lipinski definition) is 5. The highest BCUT2D eigenvalue weighted by molar-refractivity contribution is 7.99. The van der Waals surface area contributed by atoms with Gasteiger partial charge in [-0.15, -0.1) is 0 Å². The van der Waals surface area contributed by atoms with Gasteiger partial charge in [-0.05, 0) is 49.3 Å². The lowest BCUT2D eigenvalue weighted by Gasteiger charge is -2.30. The monoisotopic (exact) mass is 369 g/mol. The van der Waals surface area contributed by atoms with Crippen molar-refractivity contribution >= 4 is 17.7 Å². The van der Waals surface area contributed by atoms with Gasteiger partial charge in [0.05, 0.1) is 11.8 Å². The molecule has 4 heterocycles. The quantitative estimate of drug-likeness (QED) is 0.810. The van der Waals surface area contributed by atoms with Crippen LogP contribution in [0.2, 0.25) is 0 Å². The molecule has 5 nitrogen and oxygen atoms in total. The Labute approximate surface area is 158 Å². The topological polar surface area (TPSA) is 55.3 Å². The lowest BCUT2D eigenvalue weighted by molar-refractivity contribution is 0.0437. The number of rotatable bonds is 5. The Kier molecular flexibility index (Phi) is 5.51. The van der Waals surface area contributed by atoms with Crippen molar-refractivity contribution in [3.05, 3.63) is 48.4 Å². The molecule has 0 saturated carbocycles. The van der Waals surface area contributed by atoms with E-state index in [4.69, 9.17) is 4.74 Å². The minimum absolute atomic E-state index is 0.0175. The van der Waals surface area contributed by atoms with Crippen LogP contribution in [0.4, 0.5) is 0 Å². The highest BCUT2D eigenvalue weighted by Crippen LogP contribution is 2.26. The van der Waals surface area contributed by atoms with Gasteiger partial charge in [0.25, 0.3) is 5.91 Å². The van der Waals surface area contributed by atoms with E-state index in [1.54, 1.807) is 12.4 Å². The highest BCUT2D eigenvalue weighted by Gasteiger charge is 2.31. The second kappa shape index (κ2) is 8.18.